The molecule has 4 rings (SSSR count). The van der Waals surface area contributed by atoms with Gasteiger partial charge in [-0.3, -0.25) is 4.79 Å². The fourth-order valence-corrected chi connectivity index (χ4v) is 4.58. The number of hydrogen-bond donors (Lipinski definition) is 3. The molecule has 0 unspecified atom stereocenters. The molecule has 0 atom stereocenters. The molecule has 3 aromatic carbocycles. The maximum Gasteiger partial charge on any atom is 0.407 e. The molecule has 7 nitrogen and oxygen atoms in total. The molecule has 3 N–H and O–H groups in total. The number of carboxylic acids is 1. The van der Waals surface area contributed by atoms with E-state index in [2.05, 4.69) is 22.8 Å². The minimum absolute atomic E-state index is 0.0381. The van der Waals surface area contributed by atoms with E-state index < -0.39 is 23.5 Å². The molecular weight excluding hydrogens is 468 g/mol. The molecule has 35 heavy (non-hydrogen) atoms. The maximum atomic E-state index is 12.6. The van der Waals surface area contributed by atoms with Crippen LogP contribution < -0.4 is 10.6 Å². The van der Waals surface area contributed by atoms with Crippen LogP contribution in [-0.2, 0) is 9.53 Å². The molecule has 0 saturated heterocycles. The van der Waals surface area contributed by atoms with E-state index in [-0.39, 0.29) is 35.2 Å². The van der Waals surface area contributed by atoms with Crippen molar-refractivity contribution in [1.29, 1.82) is 0 Å². The summed E-state index contributed by atoms with van der Waals surface area (Å²) < 4.78 is 5.57. The number of nitrogens with one attached hydrogen (secondary N) is 2. The van der Waals surface area contributed by atoms with Crippen LogP contribution in [0.4, 0.5) is 10.5 Å². The lowest BCUT2D eigenvalue weighted by Gasteiger charge is -2.26. The van der Waals surface area contributed by atoms with Crippen LogP contribution in [0.2, 0.25) is 5.02 Å². The molecule has 1 aliphatic carbocycles. The Kier molecular flexibility index (Phi) is 6.80. The van der Waals surface area contributed by atoms with Crippen molar-refractivity contribution in [3.8, 4) is 11.1 Å². The summed E-state index contributed by atoms with van der Waals surface area (Å²) in [6.07, 6.45) is -0.688. The highest BCUT2D eigenvalue weighted by atomic mass is 35.5. The van der Waals surface area contributed by atoms with Crippen LogP contribution in [0.1, 0.15) is 47.7 Å². The fraction of sp³-hybridized carbons (Fsp3) is 0.222. The number of ether oxygens (including phenoxy) is 1. The first-order valence-corrected chi connectivity index (χ1v) is 11.5. The molecule has 3 aromatic rings. The summed E-state index contributed by atoms with van der Waals surface area (Å²) in [5.41, 5.74) is 3.81. The SMILES string of the molecule is CC(C)(CC(=O)Nc1cc(Cl)cc(C(=O)O)c1)NC(=O)OCC1c2ccccc2-c2ccccc21. The monoisotopic (exact) mass is 492 g/mol. The molecule has 0 radical (unpaired) electrons. The second-order valence-electron chi connectivity index (χ2n) is 9.09. The van der Waals surface area contributed by atoms with E-state index in [4.69, 9.17) is 21.4 Å². The van der Waals surface area contributed by atoms with Crippen molar-refractivity contribution in [2.45, 2.75) is 31.7 Å². The van der Waals surface area contributed by atoms with Crippen molar-refractivity contribution in [3.05, 3.63) is 88.4 Å². The Morgan fingerprint density at radius 3 is 2.17 bits per heavy atom. The predicted octanol–water partition coefficient (Wildman–Crippen LogP) is 5.68. The zero-order chi connectivity index (χ0) is 25.2. The van der Waals surface area contributed by atoms with Gasteiger partial charge in [0, 0.05) is 28.6 Å². The van der Waals surface area contributed by atoms with Crippen LogP contribution >= 0.6 is 11.6 Å². The summed E-state index contributed by atoms with van der Waals surface area (Å²) in [5, 5.41) is 14.7. The van der Waals surface area contributed by atoms with Crippen LogP contribution in [0.3, 0.4) is 0 Å². The van der Waals surface area contributed by atoms with Crippen LogP contribution in [0, 0.1) is 0 Å². The van der Waals surface area contributed by atoms with E-state index in [9.17, 15) is 14.4 Å². The number of alkyl carbamates (subject to hydrolysis) is 1. The molecule has 8 heteroatoms. The van der Waals surface area contributed by atoms with Crippen molar-refractivity contribution in [3.63, 3.8) is 0 Å². The van der Waals surface area contributed by atoms with E-state index in [1.807, 2.05) is 36.4 Å². The van der Waals surface area contributed by atoms with Gasteiger partial charge in [-0.15, -0.1) is 0 Å². The van der Waals surface area contributed by atoms with Crippen LogP contribution in [0.25, 0.3) is 11.1 Å². The Morgan fingerprint density at radius 1 is 0.971 bits per heavy atom. The Balaban J connectivity index is 1.35. The molecular formula is C27H25ClN2O5. The zero-order valence-corrected chi connectivity index (χ0v) is 20.1. The number of benzene rings is 3. The smallest absolute Gasteiger partial charge is 0.407 e. The number of hydrogen-bond acceptors (Lipinski definition) is 4. The first-order chi connectivity index (χ1) is 16.6. The van der Waals surface area contributed by atoms with Gasteiger partial charge in [0.2, 0.25) is 5.91 Å². The molecule has 0 saturated carbocycles. The van der Waals surface area contributed by atoms with Gasteiger partial charge in [-0.2, -0.15) is 0 Å². The first kappa shape index (κ1) is 24.3. The van der Waals surface area contributed by atoms with Crippen molar-refractivity contribution < 1.29 is 24.2 Å². The van der Waals surface area contributed by atoms with E-state index in [1.165, 1.54) is 18.2 Å². The van der Waals surface area contributed by atoms with Gasteiger partial charge in [0.25, 0.3) is 0 Å². The number of rotatable bonds is 7. The van der Waals surface area contributed by atoms with Gasteiger partial charge in [0.05, 0.1) is 5.56 Å². The van der Waals surface area contributed by atoms with Gasteiger partial charge in [-0.05, 0) is 54.3 Å². The highest BCUT2D eigenvalue weighted by molar-refractivity contribution is 6.31. The summed E-state index contributed by atoms with van der Waals surface area (Å²) in [6, 6.07) is 20.2. The van der Waals surface area contributed by atoms with Gasteiger partial charge in [-0.1, -0.05) is 60.1 Å². The maximum absolute atomic E-state index is 12.6. The molecule has 2 amide bonds. The third kappa shape index (κ3) is 5.63. The number of fused-ring (bicyclic) bond motifs is 3. The number of carboxylic acid groups (broad SMARTS) is 1. The lowest BCUT2D eigenvalue weighted by atomic mass is 9.98. The Bertz CT molecular complexity index is 1260. The molecule has 0 aromatic heterocycles. The lowest BCUT2D eigenvalue weighted by Crippen LogP contribution is -2.46. The second kappa shape index (κ2) is 9.80. The average Bonchev–Trinajstić information content (AvgIpc) is 3.10. The van der Waals surface area contributed by atoms with Gasteiger partial charge in [-0.25, -0.2) is 9.59 Å². The molecule has 0 spiro atoms. The molecule has 1 aliphatic rings. The number of carbonyl (C=O) groups excluding carboxylic acids is 2. The van der Waals surface area contributed by atoms with E-state index in [0.29, 0.717) is 0 Å². The van der Waals surface area contributed by atoms with Crippen LogP contribution in [0.5, 0.6) is 0 Å². The first-order valence-electron chi connectivity index (χ1n) is 11.1. The minimum atomic E-state index is -1.15. The summed E-state index contributed by atoms with van der Waals surface area (Å²) in [5.74, 6) is -1.63. The summed E-state index contributed by atoms with van der Waals surface area (Å²) in [6.45, 7) is 3.58. The normalized spacial score (nSPS) is 12.4. The standard InChI is InChI=1S/C27H25ClN2O5/c1-27(2,14-24(31)29-18-12-16(25(32)33)11-17(28)13-18)30-26(34)35-15-23-21-9-5-3-7-19(21)20-8-4-6-10-22(20)23/h3-13,23H,14-15H2,1-2H3,(H,29,31)(H,30,34)(H,32,33). The second-order valence-corrected chi connectivity index (χ2v) is 9.53. The Labute approximate surface area is 208 Å². The van der Waals surface area contributed by atoms with Crippen molar-refractivity contribution in [2.75, 3.05) is 11.9 Å². The molecule has 180 valence electrons. The largest absolute Gasteiger partial charge is 0.478 e. The number of carbonyl (C=O) groups is 3. The fourth-order valence-electron chi connectivity index (χ4n) is 4.35. The third-order valence-corrected chi connectivity index (χ3v) is 6.03. The number of aromatic carboxylic acids is 1. The van der Waals surface area contributed by atoms with Gasteiger partial charge >= 0.3 is 12.1 Å². The topological polar surface area (TPSA) is 105 Å². The molecule has 0 aliphatic heterocycles. The molecule has 0 bridgehead atoms. The van der Waals surface area contributed by atoms with E-state index in [1.54, 1.807) is 13.8 Å². The van der Waals surface area contributed by atoms with Crippen LogP contribution in [0.15, 0.2) is 66.7 Å². The zero-order valence-electron chi connectivity index (χ0n) is 19.3. The predicted molar refractivity (Wildman–Crippen MR) is 134 cm³/mol. The average molecular weight is 493 g/mol. The highest BCUT2D eigenvalue weighted by Crippen LogP contribution is 2.44. The highest BCUT2D eigenvalue weighted by Gasteiger charge is 2.30. The van der Waals surface area contributed by atoms with Gasteiger partial charge < -0.3 is 20.5 Å². The number of halogens is 1. The van der Waals surface area contributed by atoms with Crippen LogP contribution in [-0.4, -0.2) is 35.2 Å². The van der Waals surface area contributed by atoms with Crippen molar-refractivity contribution >= 4 is 35.3 Å². The third-order valence-electron chi connectivity index (χ3n) is 5.82. The lowest BCUT2D eigenvalue weighted by molar-refractivity contribution is -0.117. The van der Waals surface area contributed by atoms with E-state index >= 15 is 0 Å². The summed E-state index contributed by atoms with van der Waals surface area (Å²) >= 11 is 5.94. The molecule has 0 heterocycles. The Hall–Kier alpha value is -3.84. The molecule has 0 fully saturated rings. The van der Waals surface area contributed by atoms with Crippen molar-refractivity contribution in [1.82, 2.24) is 5.32 Å². The minimum Gasteiger partial charge on any atom is -0.478 e. The number of anilines is 1. The Morgan fingerprint density at radius 2 is 1.57 bits per heavy atom. The summed E-state index contributed by atoms with van der Waals surface area (Å²) in [4.78, 5) is 36.3. The van der Waals surface area contributed by atoms with Crippen molar-refractivity contribution in [2.24, 2.45) is 0 Å². The number of amides is 2. The summed E-state index contributed by atoms with van der Waals surface area (Å²) in [7, 11) is 0. The van der Waals surface area contributed by atoms with Gasteiger partial charge in [0.1, 0.15) is 6.61 Å². The van der Waals surface area contributed by atoms with E-state index in [0.717, 1.165) is 22.3 Å². The van der Waals surface area contributed by atoms with Gasteiger partial charge in [0.15, 0.2) is 0 Å². The quantitative estimate of drug-likeness (QED) is 0.393.